The maximum atomic E-state index is 13.0. The number of thioether (sulfide) groups is 1. The molecule has 4 nitrogen and oxygen atoms in total. The van der Waals surface area contributed by atoms with Gasteiger partial charge in [-0.3, -0.25) is 9.59 Å². The summed E-state index contributed by atoms with van der Waals surface area (Å²) in [5.41, 5.74) is 1.69. The molecule has 124 valence electrons. The van der Waals surface area contributed by atoms with E-state index in [1.165, 1.54) is 28.0 Å². The van der Waals surface area contributed by atoms with Gasteiger partial charge in [-0.15, -0.1) is 23.1 Å². The molecule has 0 aliphatic carbocycles. The number of hydrogen-bond acceptors (Lipinski definition) is 5. The van der Waals surface area contributed by atoms with Crippen LogP contribution in [0.1, 0.15) is 10.4 Å². The lowest BCUT2D eigenvalue weighted by atomic mass is 10.1. The molecule has 1 aliphatic rings. The Balaban J connectivity index is 2.07. The summed E-state index contributed by atoms with van der Waals surface area (Å²) >= 11 is 8.59. The molecule has 1 aromatic carbocycles. The lowest BCUT2D eigenvalue weighted by Crippen LogP contribution is -2.31. The molecule has 0 atom stereocenters. The van der Waals surface area contributed by atoms with Gasteiger partial charge in [0.2, 0.25) is 0 Å². The molecular weight excluding hydrogens is 366 g/mol. The Morgan fingerprint density at radius 2 is 2.04 bits per heavy atom. The van der Waals surface area contributed by atoms with E-state index in [-0.39, 0.29) is 18.4 Å². The third-order valence-electron chi connectivity index (χ3n) is 3.55. The average Bonchev–Trinajstić information content (AvgIpc) is 3.14. The zero-order valence-electron chi connectivity index (χ0n) is 12.8. The van der Waals surface area contributed by atoms with Crippen LogP contribution in [0.15, 0.2) is 40.6 Å². The number of rotatable bonds is 5. The first-order valence-electron chi connectivity index (χ1n) is 7.21. The number of imide groups is 1. The Kier molecular flexibility index (Phi) is 5.10. The van der Waals surface area contributed by atoms with Crippen molar-refractivity contribution in [1.29, 1.82) is 0 Å². The van der Waals surface area contributed by atoms with Gasteiger partial charge in [-0.05, 0) is 42.1 Å². The summed E-state index contributed by atoms with van der Waals surface area (Å²) in [5.74, 6) is -0.336. The summed E-state index contributed by atoms with van der Waals surface area (Å²) in [6.07, 6.45) is 0. The highest BCUT2D eigenvalue weighted by Gasteiger charge is 2.41. The first kappa shape index (κ1) is 17.2. The lowest BCUT2D eigenvalue weighted by molar-refractivity contribution is -0.119. The first-order valence-corrected chi connectivity index (χ1v) is 9.45. The second kappa shape index (κ2) is 7.11. The van der Waals surface area contributed by atoms with Crippen LogP contribution in [0.2, 0.25) is 5.02 Å². The molecule has 1 aliphatic heterocycles. The van der Waals surface area contributed by atoms with Crippen molar-refractivity contribution in [1.82, 2.24) is 0 Å². The molecule has 0 fully saturated rings. The fourth-order valence-corrected chi connectivity index (χ4v) is 4.43. The van der Waals surface area contributed by atoms with Gasteiger partial charge < -0.3 is 5.11 Å². The predicted octanol–water partition coefficient (Wildman–Crippen LogP) is 3.72. The molecule has 2 heterocycles. The van der Waals surface area contributed by atoms with Gasteiger partial charge in [0.25, 0.3) is 11.8 Å². The Labute approximate surface area is 152 Å². The Hall–Kier alpha value is -1.60. The smallest absolute Gasteiger partial charge is 0.272 e. The van der Waals surface area contributed by atoms with E-state index in [9.17, 15) is 9.59 Å². The van der Waals surface area contributed by atoms with E-state index in [1.807, 2.05) is 24.4 Å². The van der Waals surface area contributed by atoms with Crippen LogP contribution in [0.5, 0.6) is 0 Å². The molecule has 0 saturated heterocycles. The quantitative estimate of drug-likeness (QED) is 0.804. The number of benzene rings is 1. The van der Waals surface area contributed by atoms with Crippen LogP contribution < -0.4 is 4.90 Å². The monoisotopic (exact) mass is 379 g/mol. The van der Waals surface area contributed by atoms with Crippen molar-refractivity contribution in [3.63, 3.8) is 0 Å². The molecule has 0 bridgehead atoms. The van der Waals surface area contributed by atoms with E-state index in [4.69, 9.17) is 16.7 Å². The van der Waals surface area contributed by atoms with Crippen molar-refractivity contribution in [2.24, 2.45) is 0 Å². The minimum Gasteiger partial charge on any atom is -0.396 e. The van der Waals surface area contributed by atoms with Gasteiger partial charge in [0.15, 0.2) is 0 Å². The molecule has 1 aromatic heterocycles. The van der Waals surface area contributed by atoms with Gasteiger partial charge in [0.05, 0.1) is 22.8 Å². The molecule has 1 N–H and O–H groups in total. The largest absolute Gasteiger partial charge is 0.396 e. The average molecular weight is 380 g/mol. The maximum Gasteiger partial charge on any atom is 0.272 e. The van der Waals surface area contributed by atoms with Crippen molar-refractivity contribution < 1.29 is 14.7 Å². The highest BCUT2D eigenvalue weighted by Crippen LogP contribution is 2.40. The number of anilines is 1. The summed E-state index contributed by atoms with van der Waals surface area (Å²) in [4.78, 5) is 28.2. The molecule has 0 spiro atoms. The summed E-state index contributed by atoms with van der Waals surface area (Å²) in [6, 6.07) is 8.73. The normalized spacial score (nSPS) is 14.9. The van der Waals surface area contributed by atoms with E-state index in [0.29, 0.717) is 26.9 Å². The second-order valence-electron chi connectivity index (χ2n) is 5.13. The highest BCUT2D eigenvalue weighted by molar-refractivity contribution is 8.04. The van der Waals surface area contributed by atoms with Crippen LogP contribution >= 0.6 is 34.7 Å². The van der Waals surface area contributed by atoms with Crippen molar-refractivity contribution in [2.45, 2.75) is 6.92 Å². The number of thiophene rings is 1. The number of aliphatic hydroxyl groups excluding tert-OH is 1. The standard InChI is InChI=1S/C17H14ClNO3S2/c1-10-9-11(18)4-5-12(10)19-16(21)14(13-3-2-7-23-13)15(17(19)22)24-8-6-20/h2-5,7,9,20H,6,8H2,1H3. The molecule has 2 aromatic rings. The zero-order chi connectivity index (χ0) is 17.3. The Morgan fingerprint density at radius 1 is 1.25 bits per heavy atom. The molecule has 0 radical (unpaired) electrons. The molecule has 7 heteroatoms. The van der Waals surface area contributed by atoms with Crippen LogP contribution in [-0.2, 0) is 9.59 Å². The third kappa shape index (κ3) is 3.02. The molecule has 0 saturated carbocycles. The summed E-state index contributed by atoms with van der Waals surface area (Å²) < 4.78 is 0. The van der Waals surface area contributed by atoms with E-state index >= 15 is 0 Å². The van der Waals surface area contributed by atoms with E-state index in [2.05, 4.69) is 0 Å². The molecule has 0 unspecified atom stereocenters. The summed E-state index contributed by atoms with van der Waals surface area (Å²) in [7, 11) is 0. The number of hydrogen-bond donors (Lipinski definition) is 1. The molecule has 2 amide bonds. The van der Waals surface area contributed by atoms with Crippen LogP contribution in [0.4, 0.5) is 5.69 Å². The number of amides is 2. The lowest BCUT2D eigenvalue weighted by Gasteiger charge is -2.17. The van der Waals surface area contributed by atoms with Gasteiger partial charge in [0, 0.05) is 15.7 Å². The number of nitrogens with zero attached hydrogens (tertiary/aromatic N) is 1. The number of halogens is 1. The van der Waals surface area contributed by atoms with Gasteiger partial charge in [-0.1, -0.05) is 17.7 Å². The van der Waals surface area contributed by atoms with E-state index < -0.39 is 0 Å². The molecule has 24 heavy (non-hydrogen) atoms. The topological polar surface area (TPSA) is 57.6 Å². The second-order valence-corrected chi connectivity index (χ2v) is 7.62. The number of carbonyl (C=O) groups is 2. The molecule has 3 rings (SSSR count). The SMILES string of the molecule is Cc1cc(Cl)ccc1N1C(=O)C(SCCO)=C(c2cccs2)C1=O. The fourth-order valence-electron chi connectivity index (χ4n) is 2.52. The van der Waals surface area contributed by atoms with Crippen molar-refractivity contribution in [2.75, 3.05) is 17.3 Å². The predicted molar refractivity (Wildman–Crippen MR) is 99.5 cm³/mol. The van der Waals surface area contributed by atoms with Gasteiger partial charge in [-0.25, -0.2) is 4.90 Å². The zero-order valence-corrected chi connectivity index (χ0v) is 15.2. The molecular formula is C17H14ClNO3S2. The van der Waals surface area contributed by atoms with E-state index in [1.54, 1.807) is 18.2 Å². The Morgan fingerprint density at radius 3 is 2.67 bits per heavy atom. The van der Waals surface area contributed by atoms with Crippen molar-refractivity contribution in [3.05, 3.63) is 56.1 Å². The first-order chi connectivity index (χ1) is 11.5. The van der Waals surface area contributed by atoms with Gasteiger partial charge in [0.1, 0.15) is 0 Å². The highest BCUT2D eigenvalue weighted by atomic mass is 35.5. The van der Waals surface area contributed by atoms with Crippen LogP contribution in [0.25, 0.3) is 5.57 Å². The van der Waals surface area contributed by atoms with Gasteiger partial charge in [-0.2, -0.15) is 0 Å². The minimum absolute atomic E-state index is 0.0622. The fraction of sp³-hybridized carbons (Fsp3) is 0.176. The van der Waals surface area contributed by atoms with Crippen molar-refractivity contribution in [3.8, 4) is 0 Å². The van der Waals surface area contributed by atoms with Crippen molar-refractivity contribution >= 4 is 57.8 Å². The van der Waals surface area contributed by atoms with E-state index in [0.717, 1.165) is 10.4 Å². The maximum absolute atomic E-state index is 13.0. The summed E-state index contributed by atoms with van der Waals surface area (Å²) in [5, 5.41) is 11.5. The summed E-state index contributed by atoms with van der Waals surface area (Å²) in [6.45, 7) is 1.75. The number of aliphatic hydroxyl groups is 1. The van der Waals surface area contributed by atoms with Crippen LogP contribution in [0, 0.1) is 6.92 Å². The Bertz CT molecular complexity index is 830. The van der Waals surface area contributed by atoms with Crippen LogP contribution in [-0.4, -0.2) is 29.3 Å². The number of aryl methyl sites for hydroxylation is 1. The number of carbonyl (C=O) groups excluding carboxylic acids is 2. The minimum atomic E-state index is -0.354. The van der Waals surface area contributed by atoms with Gasteiger partial charge >= 0.3 is 0 Å². The third-order valence-corrected chi connectivity index (χ3v) is 5.72. The van der Waals surface area contributed by atoms with Crippen LogP contribution in [0.3, 0.4) is 0 Å².